The number of rotatable bonds is 7. The smallest absolute Gasteiger partial charge is 0.260 e. The Morgan fingerprint density at radius 2 is 2.10 bits per heavy atom. The van der Waals surface area contributed by atoms with Crippen molar-refractivity contribution in [3.8, 4) is 5.75 Å². The molecule has 1 atom stereocenters. The van der Waals surface area contributed by atoms with Gasteiger partial charge in [-0.2, -0.15) is 0 Å². The molecule has 0 radical (unpaired) electrons. The Bertz CT molecular complexity index is 474. The number of nitrogens with one attached hydrogen (secondary N) is 1. The number of para-hydroxylation sites is 1. The van der Waals surface area contributed by atoms with E-state index in [0.29, 0.717) is 29.3 Å². The van der Waals surface area contributed by atoms with Gasteiger partial charge >= 0.3 is 0 Å². The molecule has 0 aliphatic carbocycles. The predicted octanol–water partition coefficient (Wildman–Crippen LogP) is 3.08. The summed E-state index contributed by atoms with van der Waals surface area (Å²) >= 11 is 5.99. The van der Waals surface area contributed by atoms with E-state index >= 15 is 0 Å². The number of aldehydes is 1. The minimum absolute atomic E-state index is 0.220. The summed E-state index contributed by atoms with van der Waals surface area (Å²) in [7, 11) is 0. The molecule has 0 fully saturated rings. The van der Waals surface area contributed by atoms with E-state index in [9.17, 15) is 9.59 Å². The Morgan fingerprint density at radius 1 is 1.40 bits per heavy atom. The molecule has 1 N–H and O–H groups in total. The summed E-state index contributed by atoms with van der Waals surface area (Å²) in [6.45, 7) is 6.41. The van der Waals surface area contributed by atoms with E-state index in [1.54, 1.807) is 25.1 Å². The molecule has 110 valence electrons. The topological polar surface area (TPSA) is 55.4 Å². The highest BCUT2D eigenvalue weighted by Gasteiger charge is 2.17. The number of ether oxygens (including phenoxy) is 1. The fraction of sp³-hybridized carbons (Fsp3) is 0.467. The van der Waals surface area contributed by atoms with Crippen LogP contribution >= 0.6 is 11.6 Å². The summed E-state index contributed by atoms with van der Waals surface area (Å²) in [6, 6.07) is 4.87. The molecule has 4 nitrogen and oxygen atoms in total. The van der Waals surface area contributed by atoms with Crippen LogP contribution in [0.4, 0.5) is 0 Å². The monoisotopic (exact) mass is 297 g/mol. The lowest BCUT2D eigenvalue weighted by atomic mass is 10.1. The molecular formula is C15H20ClNO3. The van der Waals surface area contributed by atoms with Crippen molar-refractivity contribution >= 4 is 23.8 Å². The highest BCUT2D eigenvalue weighted by molar-refractivity contribution is 6.32. The highest BCUT2D eigenvalue weighted by Crippen LogP contribution is 2.28. The molecule has 1 aromatic carbocycles. The molecular weight excluding hydrogens is 278 g/mol. The van der Waals surface area contributed by atoms with Crippen LogP contribution in [0.1, 0.15) is 37.6 Å². The average molecular weight is 298 g/mol. The molecule has 0 saturated heterocycles. The van der Waals surface area contributed by atoms with E-state index in [4.69, 9.17) is 16.3 Å². The largest absolute Gasteiger partial charge is 0.479 e. The molecule has 1 rings (SSSR count). The second-order valence-corrected chi connectivity index (χ2v) is 5.42. The second-order valence-electron chi connectivity index (χ2n) is 5.01. The summed E-state index contributed by atoms with van der Waals surface area (Å²) in [5.41, 5.74) is 0.333. The van der Waals surface area contributed by atoms with E-state index in [2.05, 4.69) is 19.2 Å². The van der Waals surface area contributed by atoms with Crippen molar-refractivity contribution in [2.45, 2.75) is 33.3 Å². The van der Waals surface area contributed by atoms with Crippen molar-refractivity contribution < 1.29 is 14.3 Å². The van der Waals surface area contributed by atoms with Gasteiger partial charge in [-0.05, 0) is 31.4 Å². The SMILES string of the molecule is CC(C)CCNC(=O)C(C)Oc1c(Cl)cccc1C=O. The van der Waals surface area contributed by atoms with Crippen molar-refractivity contribution in [1.29, 1.82) is 0 Å². The molecule has 5 heteroatoms. The van der Waals surface area contributed by atoms with E-state index < -0.39 is 6.10 Å². The maximum Gasteiger partial charge on any atom is 0.260 e. The zero-order valence-corrected chi connectivity index (χ0v) is 12.7. The molecule has 1 aromatic rings. The van der Waals surface area contributed by atoms with Crippen LogP contribution in [-0.4, -0.2) is 24.8 Å². The number of carbonyl (C=O) groups is 2. The van der Waals surface area contributed by atoms with Crippen molar-refractivity contribution in [2.24, 2.45) is 5.92 Å². The van der Waals surface area contributed by atoms with E-state index in [1.807, 2.05) is 0 Å². The number of benzene rings is 1. The first-order valence-corrected chi connectivity index (χ1v) is 7.01. The summed E-state index contributed by atoms with van der Waals surface area (Å²) in [5.74, 6) is 0.551. The number of amides is 1. The molecule has 1 amide bonds. The number of carbonyl (C=O) groups excluding carboxylic acids is 2. The number of hydrogen-bond donors (Lipinski definition) is 1. The van der Waals surface area contributed by atoms with Crippen LogP contribution in [0, 0.1) is 5.92 Å². The highest BCUT2D eigenvalue weighted by atomic mass is 35.5. The normalized spacial score (nSPS) is 12.1. The maximum absolute atomic E-state index is 11.9. The third-order valence-electron chi connectivity index (χ3n) is 2.81. The van der Waals surface area contributed by atoms with Gasteiger partial charge in [0.2, 0.25) is 0 Å². The van der Waals surface area contributed by atoms with Gasteiger partial charge in [0.25, 0.3) is 5.91 Å². The summed E-state index contributed by atoms with van der Waals surface area (Å²) in [5, 5.41) is 3.11. The average Bonchev–Trinajstić information content (AvgIpc) is 2.40. The van der Waals surface area contributed by atoms with Crippen molar-refractivity contribution in [1.82, 2.24) is 5.32 Å². The Balaban J connectivity index is 2.64. The van der Waals surface area contributed by atoms with Gasteiger partial charge in [-0.3, -0.25) is 9.59 Å². The molecule has 20 heavy (non-hydrogen) atoms. The quantitative estimate of drug-likeness (QED) is 0.787. The zero-order valence-electron chi connectivity index (χ0n) is 12.0. The van der Waals surface area contributed by atoms with Crippen molar-refractivity contribution in [2.75, 3.05) is 6.54 Å². The lowest BCUT2D eigenvalue weighted by Crippen LogP contribution is -2.37. The Labute approximate surface area is 124 Å². The van der Waals surface area contributed by atoms with Crippen molar-refractivity contribution in [3.63, 3.8) is 0 Å². The number of hydrogen-bond acceptors (Lipinski definition) is 3. The van der Waals surface area contributed by atoms with Gasteiger partial charge < -0.3 is 10.1 Å². The fourth-order valence-electron chi connectivity index (χ4n) is 1.60. The maximum atomic E-state index is 11.9. The lowest BCUT2D eigenvalue weighted by molar-refractivity contribution is -0.127. The Morgan fingerprint density at radius 3 is 2.70 bits per heavy atom. The lowest BCUT2D eigenvalue weighted by Gasteiger charge is -2.17. The molecule has 0 bridgehead atoms. The Kier molecular flexibility index (Phi) is 6.52. The van der Waals surface area contributed by atoms with Crippen LogP contribution in [0.2, 0.25) is 5.02 Å². The second kappa shape index (κ2) is 7.90. The zero-order chi connectivity index (χ0) is 15.1. The summed E-state index contributed by atoms with van der Waals surface area (Å²) in [6.07, 6.45) is 0.857. The fourth-order valence-corrected chi connectivity index (χ4v) is 1.83. The molecule has 0 aliphatic heterocycles. The summed E-state index contributed by atoms with van der Waals surface area (Å²) < 4.78 is 5.51. The number of halogens is 1. The van der Waals surface area contributed by atoms with Gasteiger partial charge in [-0.25, -0.2) is 0 Å². The van der Waals surface area contributed by atoms with Gasteiger partial charge in [0.1, 0.15) is 5.75 Å². The third kappa shape index (κ3) is 4.85. The van der Waals surface area contributed by atoms with Crippen LogP contribution in [-0.2, 0) is 4.79 Å². The minimum atomic E-state index is -0.708. The van der Waals surface area contributed by atoms with Gasteiger partial charge in [0.15, 0.2) is 12.4 Å². The first kappa shape index (κ1) is 16.5. The first-order chi connectivity index (χ1) is 9.45. The third-order valence-corrected chi connectivity index (χ3v) is 3.11. The van der Waals surface area contributed by atoms with Gasteiger partial charge in [-0.1, -0.05) is 31.5 Å². The van der Waals surface area contributed by atoms with Crippen LogP contribution in [0.15, 0.2) is 18.2 Å². The van der Waals surface area contributed by atoms with Gasteiger partial charge in [0.05, 0.1) is 10.6 Å². The molecule has 0 saturated carbocycles. The van der Waals surface area contributed by atoms with E-state index in [-0.39, 0.29) is 11.7 Å². The predicted molar refractivity (Wildman–Crippen MR) is 79.4 cm³/mol. The molecule has 0 heterocycles. The van der Waals surface area contributed by atoms with Gasteiger partial charge in [-0.15, -0.1) is 0 Å². The van der Waals surface area contributed by atoms with Crippen LogP contribution in [0.25, 0.3) is 0 Å². The van der Waals surface area contributed by atoms with E-state index in [0.717, 1.165) is 6.42 Å². The first-order valence-electron chi connectivity index (χ1n) is 6.63. The van der Waals surface area contributed by atoms with Crippen LogP contribution in [0.5, 0.6) is 5.75 Å². The van der Waals surface area contributed by atoms with Gasteiger partial charge in [0, 0.05) is 6.54 Å². The summed E-state index contributed by atoms with van der Waals surface area (Å²) in [4.78, 5) is 22.8. The van der Waals surface area contributed by atoms with Crippen LogP contribution in [0.3, 0.4) is 0 Å². The Hall–Kier alpha value is -1.55. The molecule has 0 spiro atoms. The molecule has 0 aromatic heterocycles. The molecule has 0 aliphatic rings. The van der Waals surface area contributed by atoms with Crippen molar-refractivity contribution in [3.05, 3.63) is 28.8 Å². The van der Waals surface area contributed by atoms with E-state index in [1.165, 1.54) is 0 Å². The minimum Gasteiger partial charge on any atom is -0.479 e. The standard InChI is InChI=1S/C15H20ClNO3/c1-10(2)7-8-17-15(19)11(3)20-14-12(9-18)5-4-6-13(14)16/h4-6,9-11H,7-8H2,1-3H3,(H,17,19). The van der Waals surface area contributed by atoms with Crippen LogP contribution < -0.4 is 10.1 Å². The molecule has 1 unspecified atom stereocenters.